The van der Waals surface area contributed by atoms with E-state index in [1.54, 1.807) is 9.80 Å². The molecule has 2 unspecified atom stereocenters. The Hall–Kier alpha value is -5.24. The first kappa shape index (κ1) is 40.9. The number of hydrogen-bond acceptors (Lipinski definition) is 10. The van der Waals surface area contributed by atoms with Crippen molar-refractivity contribution in [1.29, 1.82) is 0 Å². The summed E-state index contributed by atoms with van der Waals surface area (Å²) in [6, 6.07) is 15.8. The number of unbranched alkanes of at least 4 members (excludes halogenated alkanes) is 1. The summed E-state index contributed by atoms with van der Waals surface area (Å²) in [4.78, 5) is 76.1. The molecule has 14 heteroatoms. The minimum absolute atomic E-state index is 0.0133. The van der Waals surface area contributed by atoms with Crippen molar-refractivity contribution in [1.82, 2.24) is 25.0 Å². The first-order valence-electron chi connectivity index (χ1n) is 19.3. The van der Waals surface area contributed by atoms with Crippen LogP contribution < -0.4 is 10.1 Å². The van der Waals surface area contributed by atoms with Gasteiger partial charge in [-0.1, -0.05) is 49.7 Å². The Bertz CT molecular complexity index is 1780. The predicted molar refractivity (Wildman–Crippen MR) is 204 cm³/mol. The van der Waals surface area contributed by atoms with Crippen LogP contribution in [0.25, 0.3) is 10.9 Å². The number of benzene rings is 2. The molecule has 296 valence electrons. The summed E-state index contributed by atoms with van der Waals surface area (Å²) in [5, 5.41) is 3.44. The Labute approximate surface area is 322 Å². The van der Waals surface area contributed by atoms with Crippen LogP contribution in [0, 0.1) is 6.92 Å². The number of likely N-dealkylation sites (tertiary alicyclic amines) is 1. The Morgan fingerprint density at radius 1 is 0.891 bits per heavy atom. The summed E-state index contributed by atoms with van der Waals surface area (Å²) in [7, 11) is 0. The average molecular weight is 760 g/mol. The Balaban J connectivity index is 1.30. The van der Waals surface area contributed by atoms with E-state index in [-0.39, 0.29) is 76.5 Å². The molecule has 0 spiro atoms. The van der Waals surface area contributed by atoms with Crippen LogP contribution in [0.4, 0.5) is 4.79 Å². The highest BCUT2D eigenvalue weighted by Gasteiger charge is 2.33. The maximum absolute atomic E-state index is 13.9. The lowest BCUT2D eigenvalue weighted by molar-refractivity contribution is -0.145. The van der Waals surface area contributed by atoms with Crippen molar-refractivity contribution in [3.8, 4) is 5.75 Å². The van der Waals surface area contributed by atoms with E-state index in [1.807, 2.05) is 74.2 Å². The van der Waals surface area contributed by atoms with Crippen molar-refractivity contribution >= 4 is 40.7 Å². The quantitative estimate of drug-likeness (QED) is 0.150. The van der Waals surface area contributed by atoms with Gasteiger partial charge < -0.3 is 39.0 Å². The van der Waals surface area contributed by atoms with Crippen LogP contribution in [0.3, 0.4) is 0 Å². The smallest absolute Gasteiger partial charge is 0.409 e. The molecule has 2 aromatic carbocycles. The molecule has 2 aliphatic heterocycles. The molecule has 1 aromatic heterocycles. The number of esters is 1. The topological polar surface area (TPSA) is 157 Å². The fraction of sp³-hybridized carbons (Fsp3) is 0.512. The van der Waals surface area contributed by atoms with Crippen molar-refractivity contribution in [2.24, 2.45) is 0 Å². The first-order chi connectivity index (χ1) is 26.7. The van der Waals surface area contributed by atoms with E-state index in [9.17, 15) is 24.0 Å². The second-order valence-electron chi connectivity index (χ2n) is 13.7. The molecule has 4 amide bonds. The van der Waals surface area contributed by atoms with Gasteiger partial charge in [-0.05, 0) is 62.8 Å². The zero-order valence-electron chi connectivity index (χ0n) is 32.1. The largest absolute Gasteiger partial charge is 0.483 e. The number of fused-ring (bicyclic) bond motifs is 1. The summed E-state index contributed by atoms with van der Waals surface area (Å²) < 4.78 is 22.0. The molecule has 3 heterocycles. The summed E-state index contributed by atoms with van der Waals surface area (Å²) in [6.45, 7) is 8.29. The number of carbonyl (C=O) groups is 5. The lowest BCUT2D eigenvalue weighted by Crippen LogP contribution is -2.56. The predicted octanol–water partition coefficient (Wildman–Crippen LogP) is 4.82. The van der Waals surface area contributed by atoms with E-state index in [0.29, 0.717) is 36.4 Å². The van der Waals surface area contributed by atoms with E-state index < -0.39 is 29.9 Å². The van der Waals surface area contributed by atoms with Crippen LogP contribution in [0.15, 0.2) is 54.6 Å². The van der Waals surface area contributed by atoms with Gasteiger partial charge in [0.2, 0.25) is 5.91 Å². The van der Waals surface area contributed by atoms with Crippen LogP contribution in [0.1, 0.15) is 80.0 Å². The van der Waals surface area contributed by atoms with E-state index >= 15 is 0 Å². The number of piperazine rings is 1. The monoisotopic (exact) mass is 759 g/mol. The van der Waals surface area contributed by atoms with Crippen molar-refractivity contribution < 1.29 is 42.9 Å². The maximum atomic E-state index is 13.9. The molecule has 1 N–H and O–H groups in total. The number of aryl methyl sites for hydroxylation is 1. The molecule has 2 aliphatic rings. The van der Waals surface area contributed by atoms with Gasteiger partial charge in [0.15, 0.2) is 6.61 Å². The maximum Gasteiger partial charge on any atom is 0.409 e. The molecule has 14 nitrogen and oxygen atoms in total. The summed E-state index contributed by atoms with van der Waals surface area (Å²) in [5.41, 5.74) is 2.46. The van der Waals surface area contributed by atoms with Crippen molar-refractivity contribution in [2.75, 3.05) is 65.8 Å². The van der Waals surface area contributed by atoms with Crippen molar-refractivity contribution in [3.05, 3.63) is 71.4 Å². The molecule has 3 aromatic rings. The SMILES string of the molecule is CCCCOC(=O)N1CCN(C(=O)C(CCC(=O)OCCOCC)NC(=O)c2cc(OCC(=O)N3CCCC3c3ccccc3)c3ccc(C)cc3n2)CC1. The van der Waals surface area contributed by atoms with Crippen LogP contribution >= 0.6 is 0 Å². The van der Waals surface area contributed by atoms with Crippen LogP contribution in [0.2, 0.25) is 0 Å². The highest BCUT2D eigenvalue weighted by atomic mass is 16.6. The van der Waals surface area contributed by atoms with Crippen molar-refractivity contribution in [3.63, 3.8) is 0 Å². The van der Waals surface area contributed by atoms with E-state index in [4.69, 9.17) is 18.9 Å². The molecule has 0 radical (unpaired) electrons. The number of aromatic nitrogens is 1. The minimum atomic E-state index is -1.10. The number of rotatable bonds is 17. The molecule has 55 heavy (non-hydrogen) atoms. The van der Waals surface area contributed by atoms with Gasteiger partial charge in [-0.2, -0.15) is 0 Å². The van der Waals surface area contributed by atoms with Crippen LogP contribution in [0.5, 0.6) is 5.75 Å². The van der Waals surface area contributed by atoms with Gasteiger partial charge in [0.1, 0.15) is 24.1 Å². The third kappa shape index (κ3) is 11.4. The van der Waals surface area contributed by atoms with Crippen LogP contribution in [-0.4, -0.2) is 121 Å². The Morgan fingerprint density at radius 2 is 1.65 bits per heavy atom. The van der Waals surface area contributed by atoms with Gasteiger partial charge in [-0.15, -0.1) is 0 Å². The Morgan fingerprint density at radius 3 is 2.40 bits per heavy atom. The Kier molecular flexibility index (Phi) is 15.2. The molecule has 0 aliphatic carbocycles. The fourth-order valence-electron chi connectivity index (χ4n) is 6.76. The summed E-state index contributed by atoms with van der Waals surface area (Å²) in [5.74, 6) is -1.43. The molecule has 2 atom stereocenters. The molecule has 0 bridgehead atoms. The van der Waals surface area contributed by atoms with E-state index in [1.165, 1.54) is 6.07 Å². The normalized spacial score (nSPS) is 16.1. The number of nitrogens with zero attached hydrogens (tertiary/aromatic N) is 4. The molecule has 5 rings (SSSR count). The number of carbonyl (C=O) groups excluding carboxylic acids is 5. The van der Waals surface area contributed by atoms with Crippen LogP contribution in [-0.2, 0) is 28.6 Å². The van der Waals surface area contributed by atoms with E-state index in [2.05, 4.69) is 10.3 Å². The van der Waals surface area contributed by atoms with Gasteiger partial charge in [0, 0.05) is 57.2 Å². The fourth-order valence-corrected chi connectivity index (χ4v) is 6.76. The molecule has 2 fully saturated rings. The molecular weight excluding hydrogens is 706 g/mol. The summed E-state index contributed by atoms with van der Waals surface area (Å²) in [6.07, 6.45) is 2.84. The molecule has 2 saturated heterocycles. The highest BCUT2D eigenvalue weighted by Crippen LogP contribution is 2.32. The van der Waals surface area contributed by atoms with Gasteiger partial charge in [0.05, 0.1) is 24.8 Å². The standard InChI is InChI=1S/C41H53N5O9/c1-4-6-23-54-41(51)45-21-19-44(20-22-45)40(50)32(16-17-38(48)53-25-24-52-5-2)43-39(49)34-27-36(31-15-14-29(3)26-33(31)42-34)55-28-37(47)46-18-10-13-35(46)30-11-8-7-9-12-30/h7-9,11-12,14-15,26-27,32,35H,4-6,10,13,16-25,28H2,1-3H3,(H,43,49). The lowest BCUT2D eigenvalue weighted by atomic mass is 10.0. The number of pyridine rings is 1. The molecular formula is C41H53N5O9. The average Bonchev–Trinajstić information content (AvgIpc) is 3.70. The van der Waals surface area contributed by atoms with Gasteiger partial charge in [-0.25, -0.2) is 9.78 Å². The van der Waals surface area contributed by atoms with Gasteiger partial charge in [0.25, 0.3) is 11.8 Å². The van der Waals surface area contributed by atoms with E-state index in [0.717, 1.165) is 36.8 Å². The zero-order valence-corrected chi connectivity index (χ0v) is 32.1. The van der Waals surface area contributed by atoms with Gasteiger partial charge in [-0.3, -0.25) is 19.2 Å². The number of hydrogen-bond donors (Lipinski definition) is 1. The minimum Gasteiger partial charge on any atom is -0.483 e. The number of amides is 4. The number of nitrogens with one attached hydrogen (secondary N) is 1. The zero-order chi connectivity index (χ0) is 39.2. The van der Waals surface area contributed by atoms with Crippen molar-refractivity contribution in [2.45, 2.75) is 71.4 Å². The second-order valence-corrected chi connectivity index (χ2v) is 13.7. The summed E-state index contributed by atoms with van der Waals surface area (Å²) >= 11 is 0. The number of ether oxygens (including phenoxy) is 4. The highest BCUT2D eigenvalue weighted by molar-refractivity contribution is 5.99. The third-order valence-electron chi connectivity index (χ3n) is 9.78. The molecule has 0 saturated carbocycles. The lowest BCUT2D eigenvalue weighted by Gasteiger charge is -2.36. The second kappa shape index (κ2) is 20.4. The third-order valence-corrected chi connectivity index (χ3v) is 9.78. The van der Waals surface area contributed by atoms with Gasteiger partial charge >= 0.3 is 12.1 Å². The first-order valence-corrected chi connectivity index (χ1v) is 19.3.